The van der Waals surface area contributed by atoms with Crippen molar-refractivity contribution in [2.45, 2.75) is 57.7 Å². The number of nitrogens with two attached hydrogens (primary N) is 1. The van der Waals surface area contributed by atoms with E-state index in [1.54, 1.807) is 23.3 Å². The first kappa shape index (κ1) is 21.5. The first-order chi connectivity index (χ1) is 15.5. The first-order valence-corrected chi connectivity index (χ1v) is 10.7. The van der Waals surface area contributed by atoms with E-state index in [-0.39, 0.29) is 30.9 Å². The van der Waals surface area contributed by atoms with E-state index in [0.717, 1.165) is 24.8 Å². The normalized spacial score (nSPS) is 15.3. The lowest BCUT2D eigenvalue weighted by Gasteiger charge is -2.44. The van der Waals surface area contributed by atoms with E-state index in [1.807, 2.05) is 31.2 Å². The number of furan rings is 1. The monoisotopic (exact) mass is 437 g/mol. The molecule has 0 spiro atoms. The topological polar surface area (TPSA) is 132 Å². The second-order valence-corrected chi connectivity index (χ2v) is 8.17. The Bertz CT molecular complexity index is 1050. The number of tetrazole rings is 1. The molecule has 0 aliphatic heterocycles. The highest BCUT2D eigenvalue weighted by Crippen LogP contribution is 2.36. The molecule has 0 radical (unpaired) electrons. The van der Waals surface area contributed by atoms with Gasteiger partial charge in [0.1, 0.15) is 17.8 Å². The summed E-state index contributed by atoms with van der Waals surface area (Å²) in [5, 5.41) is 14.0. The third-order valence-electron chi connectivity index (χ3n) is 5.97. The molecular formula is C22H27N7O3. The van der Waals surface area contributed by atoms with Crippen LogP contribution >= 0.6 is 0 Å². The Balaban J connectivity index is 1.67. The molecule has 2 aromatic heterocycles. The predicted molar refractivity (Wildman–Crippen MR) is 117 cm³/mol. The number of anilines is 2. The Morgan fingerprint density at radius 2 is 1.94 bits per heavy atom. The van der Waals surface area contributed by atoms with E-state index in [4.69, 9.17) is 10.2 Å². The standard InChI is InChI=1S/C22H27N7O3/c1-16-7-9-17(10-8-16)24-20(31)22(11-3-2-4-12-22)28(14-18-6-5-13-32-18)19(30)15-29-21(23)25-26-27-29/h5-10,13H,2-4,11-12,14-15H2,1H3,(H,24,31)(H2,23,25,27). The van der Waals surface area contributed by atoms with E-state index in [2.05, 4.69) is 20.8 Å². The molecule has 10 nitrogen and oxygen atoms in total. The lowest BCUT2D eigenvalue weighted by Crippen LogP contribution is -2.60. The van der Waals surface area contributed by atoms with Gasteiger partial charge in [0.15, 0.2) is 0 Å². The smallest absolute Gasteiger partial charge is 0.250 e. The maximum absolute atomic E-state index is 13.7. The van der Waals surface area contributed by atoms with Gasteiger partial charge >= 0.3 is 0 Å². The fraction of sp³-hybridized carbons (Fsp3) is 0.409. The molecule has 2 heterocycles. The summed E-state index contributed by atoms with van der Waals surface area (Å²) >= 11 is 0. The number of rotatable bonds is 7. The van der Waals surface area contributed by atoms with Gasteiger partial charge in [-0.1, -0.05) is 42.1 Å². The van der Waals surface area contributed by atoms with Crippen molar-refractivity contribution in [3.63, 3.8) is 0 Å². The van der Waals surface area contributed by atoms with Crippen molar-refractivity contribution in [3.05, 3.63) is 54.0 Å². The maximum atomic E-state index is 13.7. The van der Waals surface area contributed by atoms with Gasteiger partial charge in [0.2, 0.25) is 17.8 Å². The van der Waals surface area contributed by atoms with Crippen LogP contribution in [0.1, 0.15) is 43.4 Å². The van der Waals surface area contributed by atoms with Gasteiger partial charge in [-0.25, -0.2) is 4.68 Å². The van der Waals surface area contributed by atoms with Crippen LogP contribution in [0.15, 0.2) is 47.1 Å². The second kappa shape index (κ2) is 9.21. The first-order valence-electron chi connectivity index (χ1n) is 10.7. The van der Waals surface area contributed by atoms with Crippen LogP contribution in [0.5, 0.6) is 0 Å². The molecule has 1 aromatic carbocycles. The molecule has 1 fully saturated rings. The Kier molecular flexibility index (Phi) is 6.20. The van der Waals surface area contributed by atoms with Crippen LogP contribution in [0.25, 0.3) is 0 Å². The molecule has 1 aliphatic rings. The third kappa shape index (κ3) is 4.48. The van der Waals surface area contributed by atoms with Crippen LogP contribution in [0.3, 0.4) is 0 Å². The van der Waals surface area contributed by atoms with E-state index < -0.39 is 5.54 Å². The van der Waals surface area contributed by atoms with Gasteiger partial charge in [0.25, 0.3) is 0 Å². The van der Waals surface area contributed by atoms with Gasteiger partial charge < -0.3 is 20.4 Å². The summed E-state index contributed by atoms with van der Waals surface area (Å²) in [6.07, 6.45) is 5.37. The van der Waals surface area contributed by atoms with E-state index >= 15 is 0 Å². The largest absolute Gasteiger partial charge is 0.467 e. The molecule has 4 rings (SSSR count). The molecule has 0 atom stereocenters. The summed E-state index contributed by atoms with van der Waals surface area (Å²) in [5.41, 5.74) is 6.55. The summed E-state index contributed by atoms with van der Waals surface area (Å²) in [4.78, 5) is 28.8. The Labute approximate surface area is 185 Å². The number of nitrogen functional groups attached to an aromatic ring is 1. The third-order valence-corrected chi connectivity index (χ3v) is 5.97. The number of carbonyl (C=O) groups excluding carboxylic acids is 2. The lowest BCUT2D eigenvalue weighted by atomic mass is 9.79. The minimum atomic E-state index is -1.02. The molecule has 0 unspecified atom stereocenters. The minimum absolute atomic E-state index is 0.0399. The summed E-state index contributed by atoms with van der Waals surface area (Å²) in [6, 6.07) is 11.2. The highest BCUT2D eigenvalue weighted by atomic mass is 16.3. The number of carbonyl (C=O) groups is 2. The summed E-state index contributed by atoms with van der Waals surface area (Å²) in [6.45, 7) is 1.98. The quantitative estimate of drug-likeness (QED) is 0.580. The van der Waals surface area contributed by atoms with Gasteiger partial charge in [-0.2, -0.15) is 0 Å². The van der Waals surface area contributed by atoms with Gasteiger partial charge in [-0.15, -0.1) is 0 Å². The molecule has 168 valence electrons. The van der Waals surface area contributed by atoms with Crippen molar-refractivity contribution in [2.24, 2.45) is 0 Å². The van der Waals surface area contributed by atoms with E-state index in [9.17, 15) is 9.59 Å². The van der Waals surface area contributed by atoms with Crippen molar-refractivity contribution < 1.29 is 14.0 Å². The molecule has 2 amide bonds. The second-order valence-electron chi connectivity index (χ2n) is 8.17. The number of hydrogen-bond donors (Lipinski definition) is 2. The minimum Gasteiger partial charge on any atom is -0.467 e. The SMILES string of the molecule is Cc1ccc(NC(=O)C2(N(Cc3ccco3)C(=O)Cn3nnnc3N)CCCCC2)cc1. The van der Waals surface area contributed by atoms with Gasteiger partial charge in [-0.05, 0) is 54.5 Å². The van der Waals surface area contributed by atoms with Gasteiger partial charge in [0.05, 0.1) is 12.8 Å². The number of aryl methyl sites for hydroxylation is 1. The van der Waals surface area contributed by atoms with Crippen molar-refractivity contribution in [3.8, 4) is 0 Å². The highest BCUT2D eigenvalue weighted by Gasteiger charge is 2.47. The molecular weight excluding hydrogens is 410 g/mol. The zero-order valence-electron chi connectivity index (χ0n) is 18.0. The molecule has 3 N–H and O–H groups in total. The molecule has 0 bridgehead atoms. The molecule has 1 saturated carbocycles. The average molecular weight is 438 g/mol. The lowest BCUT2D eigenvalue weighted by molar-refractivity contribution is -0.149. The molecule has 10 heteroatoms. The van der Waals surface area contributed by atoms with Crippen molar-refractivity contribution in [1.82, 2.24) is 25.1 Å². The maximum Gasteiger partial charge on any atom is 0.250 e. The molecule has 1 aliphatic carbocycles. The summed E-state index contributed by atoms with van der Waals surface area (Å²) in [5.74, 6) is 0.126. The number of nitrogens with zero attached hydrogens (tertiary/aromatic N) is 5. The number of amides is 2. The van der Waals surface area contributed by atoms with Crippen LogP contribution in [0.2, 0.25) is 0 Å². The number of nitrogens with one attached hydrogen (secondary N) is 1. The van der Waals surface area contributed by atoms with Crippen LogP contribution in [0.4, 0.5) is 11.6 Å². The van der Waals surface area contributed by atoms with Gasteiger partial charge in [-0.3, -0.25) is 9.59 Å². The average Bonchev–Trinajstić information content (AvgIpc) is 3.46. The predicted octanol–water partition coefficient (Wildman–Crippen LogP) is 2.53. The van der Waals surface area contributed by atoms with Crippen molar-refractivity contribution in [2.75, 3.05) is 11.1 Å². The Hall–Kier alpha value is -3.69. The van der Waals surface area contributed by atoms with Crippen molar-refractivity contribution >= 4 is 23.5 Å². The Morgan fingerprint density at radius 3 is 2.56 bits per heavy atom. The number of hydrogen-bond acceptors (Lipinski definition) is 7. The molecule has 0 saturated heterocycles. The fourth-order valence-corrected chi connectivity index (χ4v) is 4.21. The Morgan fingerprint density at radius 1 is 1.19 bits per heavy atom. The summed E-state index contributed by atoms with van der Waals surface area (Å²) in [7, 11) is 0. The fourth-order valence-electron chi connectivity index (χ4n) is 4.21. The van der Waals surface area contributed by atoms with Crippen molar-refractivity contribution in [1.29, 1.82) is 0 Å². The highest BCUT2D eigenvalue weighted by molar-refractivity contribution is 6.00. The van der Waals surface area contributed by atoms with E-state index in [1.165, 1.54) is 4.68 Å². The van der Waals surface area contributed by atoms with Crippen LogP contribution in [-0.4, -0.2) is 42.5 Å². The number of aromatic nitrogens is 4. The number of benzene rings is 1. The van der Waals surface area contributed by atoms with Crippen LogP contribution in [-0.2, 0) is 22.7 Å². The molecule has 3 aromatic rings. The molecule has 32 heavy (non-hydrogen) atoms. The zero-order chi connectivity index (χ0) is 22.6. The van der Waals surface area contributed by atoms with Crippen LogP contribution < -0.4 is 11.1 Å². The van der Waals surface area contributed by atoms with E-state index in [0.29, 0.717) is 24.3 Å². The zero-order valence-corrected chi connectivity index (χ0v) is 18.0. The van der Waals surface area contributed by atoms with Crippen LogP contribution in [0, 0.1) is 6.92 Å². The van der Waals surface area contributed by atoms with Gasteiger partial charge in [0, 0.05) is 5.69 Å². The summed E-state index contributed by atoms with van der Waals surface area (Å²) < 4.78 is 6.75.